The lowest BCUT2D eigenvalue weighted by atomic mass is 10.1. The molecule has 1 saturated heterocycles. The Balaban J connectivity index is 2.43. The van der Waals surface area contributed by atoms with Gasteiger partial charge in [0.05, 0.1) is 10.9 Å². The SMILES string of the molecule is Fc1ccc(C2NCCS2)c(C(F)(F)F)c1. The molecule has 0 bridgehead atoms. The Kier molecular flexibility index (Phi) is 3.12. The lowest BCUT2D eigenvalue weighted by Gasteiger charge is -2.17. The van der Waals surface area contributed by atoms with E-state index in [1.807, 2.05) is 0 Å². The van der Waals surface area contributed by atoms with Gasteiger partial charge < -0.3 is 5.32 Å². The van der Waals surface area contributed by atoms with Crippen LogP contribution in [0.3, 0.4) is 0 Å². The topological polar surface area (TPSA) is 12.0 Å². The molecule has 1 aliphatic rings. The highest BCUT2D eigenvalue weighted by Gasteiger charge is 2.36. The van der Waals surface area contributed by atoms with E-state index >= 15 is 0 Å². The minimum atomic E-state index is -4.51. The normalized spacial score (nSPS) is 21.4. The lowest BCUT2D eigenvalue weighted by Crippen LogP contribution is -2.17. The molecule has 1 nitrogen and oxygen atoms in total. The maximum Gasteiger partial charge on any atom is 0.416 e. The number of rotatable bonds is 1. The molecule has 1 unspecified atom stereocenters. The highest BCUT2D eigenvalue weighted by molar-refractivity contribution is 7.99. The number of alkyl halides is 3. The smallest absolute Gasteiger partial charge is 0.301 e. The van der Waals surface area contributed by atoms with Crippen molar-refractivity contribution >= 4 is 11.8 Å². The van der Waals surface area contributed by atoms with E-state index in [2.05, 4.69) is 5.32 Å². The third-order valence-corrected chi connectivity index (χ3v) is 3.51. The van der Waals surface area contributed by atoms with Crippen molar-refractivity contribution in [3.63, 3.8) is 0 Å². The van der Waals surface area contributed by atoms with Crippen LogP contribution in [-0.4, -0.2) is 12.3 Å². The van der Waals surface area contributed by atoms with Crippen molar-refractivity contribution in [1.82, 2.24) is 5.32 Å². The van der Waals surface area contributed by atoms with E-state index in [1.54, 1.807) is 0 Å². The zero-order valence-electron chi connectivity index (χ0n) is 8.14. The van der Waals surface area contributed by atoms with Gasteiger partial charge in [-0.15, -0.1) is 11.8 Å². The maximum absolute atomic E-state index is 12.8. The first kappa shape index (κ1) is 11.7. The van der Waals surface area contributed by atoms with Gasteiger partial charge in [0.25, 0.3) is 0 Å². The predicted molar refractivity (Wildman–Crippen MR) is 54.6 cm³/mol. The first-order valence-corrected chi connectivity index (χ1v) is 5.75. The highest BCUT2D eigenvalue weighted by Crippen LogP contribution is 2.39. The summed E-state index contributed by atoms with van der Waals surface area (Å²) in [4.78, 5) is 0. The van der Waals surface area contributed by atoms with Crippen molar-refractivity contribution in [1.29, 1.82) is 0 Å². The Morgan fingerprint density at radius 2 is 2.06 bits per heavy atom. The fraction of sp³-hybridized carbons (Fsp3) is 0.400. The molecule has 1 aromatic rings. The summed E-state index contributed by atoms with van der Waals surface area (Å²) in [5.41, 5.74) is -0.782. The summed E-state index contributed by atoms with van der Waals surface area (Å²) in [5, 5.41) is 2.55. The first-order valence-electron chi connectivity index (χ1n) is 4.70. The maximum atomic E-state index is 12.8. The molecule has 0 aromatic heterocycles. The molecule has 0 saturated carbocycles. The van der Waals surface area contributed by atoms with Gasteiger partial charge in [-0.3, -0.25) is 0 Å². The van der Waals surface area contributed by atoms with E-state index < -0.39 is 22.9 Å². The van der Waals surface area contributed by atoms with Crippen molar-refractivity contribution < 1.29 is 17.6 Å². The number of thioether (sulfide) groups is 1. The van der Waals surface area contributed by atoms with Crippen LogP contribution in [-0.2, 0) is 6.18 Å². The van der Waals surface area contributed by atoms with Gasteiger partial charge in [0.15, 0.2) is 0 Å². The molecule has 1 atom stereocenters. The largest absolute Gasteiger partial charge is 0.416 e. The van der Waals surface area contributed by atoms with Crippen LogP contribution in [0.25, 0.3) is 0 Å². The fourth-order valence-electron chi connectivity index (χ4n) is 1.63. The van der Waals surface area contributed by atoms with E-state index in [0.29, 0.717) is 12.6 Å². The molecular weight excluding hydrogens is 242 g/mol. The standard InChI is InChI=1S/C10H9F4NS/c11-6-1-2-7(9-15-3-4-16-9)8(5-6)10(12,13)14/h1-2,5,9,15H,3-4H2. The highest BCUT2D eigenvalue weighted by atomic mass is 32.2. The molecule has 88 valence electrons. The second-order valence-corrected chi connectivity index (χ2v) is 4.65. The molecular formula is C10H9F4NS. The minimum absolute atomic E-state index is 0.108. The molecule has 1 aliphatic heterocycles. The summed E-state index contributed by atoms with van der Waals surface area (Å²) in [7, 11) is 0. The van der Waals surface area contributed by atoms with Crippen molar-refractivity contribution in [3.05, 3.63) is 35.1 Å². The summed E-state index contributed by atoms with van der Waals surface area (Å²) in [6, 6.07) is 2.81. The van der Waals surface area contributed by atoms with E-state index in [-0.39, 0.29) is 5.56 Å². The summed E-state index contributed by atoms with van der Waals surface area (Å²) in [6.45, 7) is 0.671. The number of hydrogen-bond donors (Lipinski definition) is 1. The van der Waals surface area contributed by atoms with Crippen LogP contribution in [0.2, 0.25) is 0 Å². The van der Waals surface area contributed by atoms with Crippen molar-refractivity contribution in [2.45, 2.75) is 11.6 Å². The summed E-state index contributed by atoms with van der Waals surface area (Å²) < 4.78 is 50.9. The van der Waals surface area contributed by atoms with Gasteiger partial charge in [-0.1, -0.05) is 6.07 Å². The van der Waals surface area contributed by atoms with Gasteiger partial charge in [0.1, 0.15) is 5.82 Å². The lowest BCUT2D eigenvalue weighted by molar-refractivity contribution is -0.138. The molecule has 0 amide bonds. The zero-order chi connectivity index (χ0) is 11.8. The predicted octanol–water partition coefficient (Wildman–Crippen LogP) is 3.18. The third-order valence-electron chi connectivity index (χ3n) is 2.32. The minimum Gasteiger partial charge on any atom is -0.301 e. The molecule has 6 heteroatoms. The Morgan fingerprint density at radius 1 is 1.31 bits per heavy atom. The average Bonchev–Trinajstić information content (AvgIpc) is 2.69. The Hall–Kier alpha value is -0.750. The van der Waals surface area contributed by atoms with E-state index in [1.165, 1.54) is 17.8 Å². The molecule has 16 heavy (non-hydrogen) atoms. The van der Waals surface area contributed by atoms with E-state index in [4.69, 9.17) is 0 Å². The molecule has 0 aliphatic carbocycles. The van der Waals surface area contributed by atoms with Crippen LogP contribution in [0.1, 0.15) is 16.5 Å². The molecule has 1 fully saturated rings. The Labute approximate surface area is 94.2 Å². The Bertz CT molecular complexity index is 385. The van der Waals surface area contributed by atoms with Gasteiger partial charge >= 0.3 is 6.18 Å². The summed E-state index contributed by atoms with van der Waals surface area (Å²) in [5.74, 6) is -0.0987. The van der Waals surface area contributed by atoms with Gasteiger partial charge in [0.2, 0.25) is 0 Å². The molecule has 0 spiro atoms. The molecule has 1 heterocycles. The molecule has 1 N–H and O–H groups in total. The molecule has 0 radical (unpaired) electrons. The molecule has 2 rings (SSSR count). The van der Waals surface area contributed by atoms with Crippen molar-refractivity contribution in [3.8, 4) is 0 Å². The second kappa shape index (κ2) is 4.25. The van der Waals surface area contributed by atoms with Crippen molar-refractivity contribution in [2.24, 2.45) is 0 Å². The average molecular weight is 251 g/mol. The first-order chi connectivity index (χ1) is 7.48. The number of nitrogens with one attached hydrogen (secondary N) is 1. The zero-order valence-corrected chi connectivity index (χ0v) is 8.96. The monoisotopic (exact) mass is 251 g/mol. The van der Waals surface area contributed by atoms with Crippen LogP contribution in [0.4, 0.5) is 17.6 Å². The number of halogens is 4. The van der Waals surface area contributed by atoms with Gasteiger partial charge in [-0.05, 0) is 17.7 Å². The van der Waals surface area contributed by atoms with Gasteiger partial charge in [-0.2, -0.15) is 13.2 Å². The number of hydrogen-bond acceptors (Lipinski definition) is 2. The summed E-state index contributed by atoms with van der Waals surface area (Å²) >= 11 is 1.40. The van der Waals surface area contributed by atoms with Crippen LogP contribution in [0, 0.1) is 5.82 Å². The van der Waals surface area contributed by atoms with Crippen LogP contribution in [0.5, 0.6) is 0 Å². The molecule has 1 aromatic carbocycles. The quantitative estimate of drug-likeness (QED) is 0.769. The van der Waals surface area contributed by atoms with E-state index in [9.17, 15) is 17.6 Å². The summed E-state index contributed by atoms with van der Waals surface area (Å²) in [6.07, 6.45) is -4.51. The second-order valence-electron chi connectivity index (χ2n) is 3.43. The third kappa shape index (κ3) is 2.32. The van der Waals surface area contributed by atoms with Crippen LogP contribution >= 0.6 is 11.8 Å². The fourth-order valence-corrected chi connectivity index (χ4v) is 2.72. The van der Waals surface area contributed by atoms with E-state index in [0.717, 1.165) is 11.8 Å². The van der Waals surface area contributed by atoms with Gasteiger partial charge in [0, 0.05) is 12.3 Å². The van der Waals surface area contributed by atoms with Crippen molar-refractivity contribution in [2.75, 3.05) is 12.3 Å². The van der Waals surface area contributed by atoms with Gasteiger partial charge in [-0.25, -0.2) is 4.39 Å². The number of benzene rings is 1. The Morgan fingerprint density at radius 3 is 2.62 bits per heavy atom. The van der Waals surface area contributed by atoms with Crippen LogP contribution in [0.15, 0.2) is 18.2 Å². The van der Waals surface area contributed by atoms with Crippen LogP contribution < -0.4 is 5.32 Å².